The largest absolute Gasteiger partial charge is 0.392 e. The van der Waals surface area contributed by atoms with Gasteiger partial charge >= 0.3 is 0 Å². The Balaban J connectivity index is 2.14. The molecule has 3 nitrogen and oxygen atoms in total. The molecular formula is C12H14N2O. The highest BCUT2D eigenvalue weighted by Crippen LogP contribution is 2.07. The molecule has 1 heterocycles. The van der Waals surface area contributed by atoms with Crippen LogP contribution in [-0.2, 0) is 13.2 Å². The standard InChI is InChI=1S/C12H14N2O/c1-10-6-7-13-14(10)8-11-2-4-12(9-15)5-3-11/h2-7,15H,8-9H2,1H3. The fourth-order valence-electron chi connectivity index (χ4n) is 1.49. The van der Waals surface area contributed by atoms with Crippen molar-refractivity contribution in [2.24, 2.45) is 0 Å². The SMILES string of the molecule is Cc1ccnn1Cc1ccc(CO)cc1. The lowest BCUT2D eigenvalue weighted by atomic mass is 10.1. The molecule has 0 aliphatic rings. The van der Waals surface area contributed by atoms with Crippen LogP contribution in [0.4, 0.5) is 0 Å². The number of rotatable bonds is 3. The quantitative estimate of drug-likeness (QED) is 0.823. The third-order valence-electron chi connectivity index (χ3n) is 2.47. The number of nitrogens with zero attached hydrogens (tertiary/aromatic N) is 2. The van der Waals surface area contributed by atoms with Crippen LogP contribution in [0, 0.1) is 6.92 Å². The van der Waals surface area contributed by atoms with Gasteiger partial charge in [-0.3, -0.25) is 4.68 Å². The molecule has 0 atom stereocenters. The predicted octanol–water partition coefficient (Wildman–Crippen LogP) is 1.73. The van der Waals surface area contributed by atoms with Crippen molar-refractivity contribution < 1.29 is 5.11 Å². The zero-order chi connectivity index (χ0) is 10.7. The minimum absolute atomic E-state index is 0.0983. The maximum atomic E-state index is 8.91. The maximum Gasteiger partial charge on any atom is 0.0681 e. The number of aliphatic hydroxyl groups is 1. The van der Waals surface area contributed by atoms with Crippen molar-refractivity contribution in [3.8, 4) is 0 Å². The van der Waals surface area contributed by atoms with Crippen molar-refractivity contribution in [1.29, 1.82) is 0 Å². The van der Waals surface area contributed by atoms with E-state index in [1.165, 1.54) is 5.56 Å². The van der Waals surface area contributed by atoms with Crippen molar-refractivity contribution in [2.45, 2.75) is 20.1 Å². The molecule has 0 unspecified atom stereocenters. The molecule has 0 bridgehead atoms. The summed E-state index contributed by atoms with van der Waals surface area (Å²) in [6.07, 6.45) is 1.80. The van der Waals surface area contributed by atoms with Crippen LogP contribution in [-0.4, -0.2) is 14.9 Å². The van der Waals surface area contributed by atoms with Crippen LogP contribution in [0.1, 0.15) is 16.8 Å². The summed E-state index contributed by atoms with van der Waals surface area (Å²) in [5.74, 6) is 0. The average molecular weight is 202 g/mol. The number of benzene rings is 1. The molecule has 0 aliphatic heterocycles. The van der Waals surface area contributed by atoms with Gasteiger partial charge in [-0.2, -0.15) is 5.10 Å². The molecule has 3 heteroatoms. The molecule has 0 amide bonds. The van der Waals surface area contributed by atoms with E-state index >= 15 is 0 Å². The molecule has 0 saturated heterocycles. The lowest BCUT2D eigenvalue weighted by Crippen LogP contribution is -2.03. The molecule has 0 aliphatic carbocycles. The van der Waals surface area contributed by atoms with E-state index in [0.29, 0.717) is 0 Å². The van der Waals surface area contributed by atoms with Crippen LogP contribution in [0.15, 0.2) is 36.5 Å². The topological polar surface area (TPSA) is 38.0 Å². The second-order valence-corrected chi connectivity index (χ2v) is 3.60. The van der Waals surface area contributed by atoms with Gasteiger partial charge in [-0.1, -0.05) is 24.3 Å². The highest BCUT2D eigenvalue weighted by atomic mass is 16.3. The lowest BCUT2D eigenvalue weighted by Gasteiger charge is -2.05. The molecule has 0 spiro atoms. The normalized spacial score (nSPS) is 10.5. The third-order valence-corrected chi connectivity index (χ3v) is 2.47. The monoisotopic (exact) mass is 202 g/mol. The number of hydrogen-bond donors (Lipinski definition) is 1. The Morgan fingerprint density at radius 2 is 1.80 bits per heavy atom. The van der Waals surface area contributed by atoms with Gasteiger partial charge < -0.3 is 5.11 Å². The van der Waals surface area contributed by atoms with Crippen LogP contribution in [0.3, 0.4) is 0 Å². The number of hydrogen-bond acceptors (Lipinski definition) is 2. The molecule has 2 rings (SSSR count). The van der Waals surface area contributed by atoms with Crippen molar-refractivity contribution in [3.63, 3.8) is 0 Å². The van der Waals surface area contributed by atoms with Gasteiger partial charge in [-0.05, 0) is 24.1 Å². The van der Waals surface area contributed by atoms with Gasteiger partial charge in [0.2, 0.25) is 0 Å². The van der Waals surface area contributed by atoms with Crippen molar-refractivity contribution >= 4 is 0 Å². The summed E-state index contributed by atoms with van der Waals surface area (Å²) in [6.45, 7) is 2.92. The second-order valence-electron chi connectivity index (χ2n) is 3.60. The average Bonchev–Trinajstić information content (AvgIpc) is 2.66. The Labute approximate surface area is 89.0 Å². The molecule has 1 N–H and O–H groups in total. The van der Waals surface area contributed by atoms with Crippen molar-refractivity contribution in [1.82, 2.24) is 9.78 Å². The summed E-state index contributed by atoms with van der Waals surface area (Å²) in [6, 6.07) is 9.91. The number of aryl methyl sites for hydroxylation is 1. The molecular weight excluding hydrogens is 188 g/mol. The Bertz CT molecular complexity index is 431. The maximum absolute atomic E-state index is 8.91. The van der Waals surface area contributed by atoms with Crippen LogP contribution >= 0.6 is 0 Å². The van der Waals surface area contributed by atoms with Crippen LogP contribution in [0.5, 0.6) is 0 Å². The Hall–Kier alpha value is -1.61. The third kappa shape index (κ3) is 2.25. The molecule has 15 heavy (non-hydrogen) atoms. The van der Waals surface area contributed by atoms with Crippen molar-refractivity contribution in [2.75, 3.05) is 0 Å². The first-order chi connectivity index (χ1) is 7.29. The van der Waals surface area contributed by atoms with Crippen molar-refractivity contribution in [3.05, 3.63) is 53.3 Å². The molecule has 2 aromatic rings. The first-order valence-corrected chi connectivity index (χ1v) is 4.96. The van der Waals surface area contributed by atoms with E-state index in [4.69, 9.17) is 5.11 Å². The summed E-state index contributed by atoms with van der Waals surface area (Å²) in [5, 5.41) is 13.1. The summed E-state index contributed by atoms with van der Waals surface area (Å²) >= 11 is 0. The Morgan fingerprint density at radius 1 is 1.13 bits per heavy atom. The van der Waals surface area contributed by atoms with Gasteiger partial charge in [0.15, 0.2) is 0 Å². The fourth-order valence-corrected chi connectivity index (χ4v) is 1.49. The second kappa shape index (κ2) is 4.28. The lowest BCUT2D eigenvalue weighted by molar-refractivity contribution is 0.282. The Kier molecular flexibility index (Phi) is 2.83. The molecule has 1 aromatic heterocycles. The van der Waals surface area contributed by atoms with E-state index in [1.54, 1.807) is 6.20 Å². The summed E-state index contributed by atoms with van der Waals surface area (Å²) in [5.41, 5.74) is 3.29. The highest BCUT2D eigenvalue weighted by Gasteiger charge is 1.98. The van der Waals surface area contributed by atoms with E-state index in [-0.39, 0.29) is 6.61 Å². The minimum Gasteiger partial charge on any atom is -0.392 e. The zero-order valence-electron chi connectivity index (χ0n) is 8.72. The number of aromatic nitrogens is 2. The summed E-state index contributed by atoms with van der Waals surface area (Å²) in [4.78, 5) is 0. The van der Waals surface area contributed by atoms with Gasteiger partial charge in [-0.15, -0.1) is 0 Å². The smallest absolute Gasteiger partial charge is 0.0681 e. The summed E-state index contributed by atoms with van der Waals surface area (Å²) < 4.78 is 1.95. The summed E-state index contributed by atoms with van der Waals surface area (Å²) in [7, 11) is 0. The fraction of sp³-hybridized carbons (Fsp3) is 0.250. The van der Waals surface area contributed by atoms with E-state index in [2.05, 4.69) is 5.10 Å². The van der Waals surface area contributed by atoms with Crippen LogP contribution < -0.4 is 0 Å². The predicted molar refractivity (Wildman–Crippen MR) is 58.4 cm³/mol. The van der Waals surface area contributed by atoms with Crippen LogP contribution in [0.25, 0.3) is 0 Å². The van der Waals surface area contributed by atoms with Gasteiger partial charge in [0.1, 0.15) is 0 Å². The van der Waals surface area contributed by atoms with E-state index < -0.39 is 0 Å². The first kappa shape index (κ1) is 9.93. The minimum atomic E-state index is 0.0983. The molecule has 1 aromatic carbocycles. The van der Waals surface area contributed by atoms with E-state index in [9.17, 15) is 0 Å². The molecule has 0 saturated carbocycles. The molecule has 0 radical (unpaired) electrons. The van der Waals surface area contributed by atoms with Gasteiger partial charge in [0, 0.05) is 11.9 Å². The molecule has 0 fully saturated rings. The molecule has 78 valence electrons. The highest BCUT2D eigenvalue weighted by molar-refractivity contribution is 5.22. The Morgan fingerprint density at radius 3 is 2.33 bits per heavy atom. The van der Waals surface area contributed by atoms with E-state index in [1.807, 2.05) is 41.9 Å². The first-order valence-electron chi connectivity index (χ1n) is 4.96. The number of aliphatic hydroxyl groups excluding tert-OH is 1. The zero-order valence-corrected chi connectivity index (χ0v) is 8.72. The van der Waals surface area contributed by atoms with Gasteiger partial charge in [0.05, 0.1) is 13.2 Å². The van der Waals surface area contributed by atoms with Gasteiger partial charge in [-0.25, -0.2) is 0 Å². The van der Waals surface area contributed by atoms with Gasteiger partial charge in [0.25, 0.3) is 0 Å². The van der Waals surface area contributed by atoms with E-state index in [0.717, 1.165) is 17.8 Å². The van der Waals surface area contributed by atoms with Crippen LogP contribution in [0.2, 0.25) is 0 Å².